The molecule has 0 spiro atoms. The van der Waals surface area contributed by atoms with E-state index in [9.17, 15) is 22.4 Å². The number of oxime groups is 2. The molecule has 0 fully saturated rings. The third-order valence-electron chi connectivity index (χ3n) is 4.31. The van der Waals surface area contributed by atoms with Crippen molar-refractivity contribution in [3.63, 3.8) is 0 Å². The number of hydrogen-bond donors (Lipinski definition) is 0. The molecule has 0 atom stereocenters. The molecular weight excluding hydrogens is 444 g/mol. The number of nitrogens with zero attached hydrogens (tertiary/aromatic N) is 2. The smallest absolute Gasteiger partial charge is 0.417 e. The Hall–Kier alpha value is -3.43. The summed E-state index contributed by atoms with van der Waals surface area (Å²) in [5.41, 5.74) is -0.0816. The number of alkyl halides is 3. The van der Waals surface area contributed by atoms with E-state index in [0.29, 0.717) is 17.2 Å². The molecule has 0 heterocycles. The fourth-order valence-electron chi connectivity index (χ4n) is 2.81. The van der Waals surface area contributed by atoms with E-state index < -0.39 is 23.5 Å². The molecule has 0 saturated heterocycles. The average molecular weight is 470 g/mol. The number of ether oxygens (including phenoxy) is 1. The Balaban J connectivity index is 0.00000265. The maximum absolute atomic E-state index is 13.3. The van der Waals surface area contributed by atoms with Crippen molar-refractivity contribution in [1.82, 2.24) is 0 Å². The zero-order chi connectivity index (χ0) is 25.2. The number of hydrogen-bond acceptors (Lipinski definition) is 6. The molecule has 0 saturated carbocycles. The second kappa shape index (κ2) is 12.6. The lowest BCUT2D eigenvalue weighted by Gasteiger charge is -2.14. The van der Waals surface area contributed by atoms with Crippen molar-refractivity contribution >= 4 is 17.4 Å². The van der Waals surface area contributed by atoms with Gasteiger partial charge in [0.25, 0.3) is 0 Å². The van der Waals surface area contributed by atoms with Crippen LogP contribution in [0.5, 0.6) is 0 Å². The zero-order valence-electron chi connectivity index (χ0n) is 19.2. The largest absolute Gasteiger partial charge is 0.464 e. The fraction of sp³-hybridized carbons (Fsp3) is 0.348. The van der Waals surface area contributed by atoms with Gasteiger partial charge in [-0.2, -0.15) is 13.2 Å². The van der Waals surface area contributed by atoms with Gasteiger partial charge in [-0.3, -0.25) is 0 Å². The van der Waals surface area contributed by atoms with Crippen LogP contribution in [-0.2, 0) is 32.0 Å². The van der Waals surface area contributed by atoms with E-state index in [2.05, 4.69) is 10.3 Å². The van der Waals surface area contributed by atoms with Crippen LogP contribution in [0.2, 0.25) is 0 Å². The normalized spacial score (nSPS) is 11.9. The maximum Gasteiger partial charge on any atom is 0.417 e. The van der Waals surface area contributed by atoms with Crippen LogP contribution in [0.15, 0.2) is 46.7 Å². The van der Waals surface area contributed by atoms with Crippen molar-refractivity contribution in [2.75, 3.05) is 14.2 Å². The van der Waals surface area contributed by atoms with Gasteiger partial charge in [-0.15, -0.1) is 0 Å². The molecule has 0 amide bonds. The second-order valence-corrected chi connectivity index (χ2v) is 6.35. The molecule has 2 rings (SSSR count). The summed E-state index contributed by atoms with van der Waals surface area (Å²) < 4.78 is 57.7. The Morgan fingerprint density at radius 3 is 2.27 bits per heavy atom. The Labute approximate surface area is 189 Å². The standard InChI is InChI=1S/C21H20F4N2O4.C2H6/c1-12-6-5-7-16(19(27-30-4)20(28)29-3)17(12)11-31-26-13(2)15-9-8-14(22)10-18(15)21(23,24)25;1-2/h5-10H,11H2,1-4H3;1-2H3/b26-13+,27-19+;. The van der Waals surface area contributed by atoms with Crippen molar-refractivity contribution in [2.45, 2.75) is 40.5 Å². The maximum atomic E-state index is 13.3. The molecule has 10 heteroatoms. The number of aryl methyl sites for hydroxylation is 1. The number of esters is 1. The Bertz CT molecular complexity index is 1020. The predicted molar refractivity (Wildman–Crippen MR) is 116 cm³/mol. The molecule has 180 valence electrons. The van der Waals surface area contributed by atoms with Gasteiger partial charge in [0.1, 0.15) is 19.5 Å². The highest BCUT2D eigenvalue weighted by Gasteiger charge is 2.34. The van der Waals surface area contributed by atoms with Crippen LogP contribution in [-0.4, -0.2) is 31.6 Å². The Kier molecular flexibility index (Phi) is 10.5. The van der Waals surface area contributed by atoms with Crippen LogP contribution in [0.25, 0.3) is 0 Å². The van der Waals surface area contributed by atoms with Crippen molar-refractivity contribution < 1.29 is 36.8 Å². The van der Waals surface area contributed by atoms with Gasteiger partial charge in [0.2, 0.25) is 0 Å². The van der Waals surface area contributed by atoms with Crippen molar-refractivity contribution in [3.05, 3.63) is 70.0 Å². The van der Waals surface area contributed by atoms with Crippen LogP contribution in [0.3, 0.4) is 0 Å². The third kappa shape index (κ3) is 7.30. The molecule has 0 bridgehead atoms. The summed E-state index contributed by atoms with van der Waals surface area (Å²) in [5.74, 6) is -1.75. The Morgan fingerprint density at radius 1 is 1.03 bits per heavy atom. The van der Waals surface area contributed by atoms with Gasteiger partial charge in [0, 0.05) is 16.7 Å². The third-order valence-corrected chi connectivity index (χ3v) is 4.31. The minimum absolute atomic E-state index is 0.0961. The molecule has 0 aliphatic rings. The summed E-state index contributed by atoms with van der Waals surface area (Å²) >= 11 is 0. The number of methoxy groups -OCH3 is 1. The van der Waals surface area contributed by atoms with Crippen LogP contribution >= 0.6 is 0 Å². The molecule has 0 radical (unpaired) electrons. The van der Waals surface area contributed by atoms with E-state index in [1.165, 1.54) is 21.1 Å². The van der Waals surface area contributed by atoms with Gasteiger partial charge in [-0.25, -0.2) is 9.18 Å². The molecule has 33 heavy (non-hydrogen) atoms. The average Bonchev–Trinajstić information content (AvgIpc) is 2.78. The number of carbonyl (C=O) groups excluding carboxylic acids is 1. The van der Waals surface area contributed by atoms with Gasteiger partial charge in [0.15, 0.2) is 5.71 Å². The monoisotopic (exact) mass is 470 g/mol. The van der Waals surface area contributed by atoms with Gasteiger partial charge in [0.05, 0.1) is 18.4 Å². The summed E-state index contributed by atoms with van der Waals surface area (Å²) in [6, 6.07) is 7.33. The second-order valence-electron chi connectivity index (χ2n) is 6.35. The summed E-state index contributed by atoms with van der Waals surface area (Å²) in [6.07, 6.45) is -4.76. The molecule has 0 aromatic heterocycles. The van der Waals surface area contributed by atoms with E-state index >= 15 is 0 Å². The highest BCUT2D eigenvalue weighted by molar-refractivity contribution is 6.43. The molecule has 0 aliphatic carbocycles. The van der Waals surface area contributed by atoms with Crippen LogP contribution in [0.1, 0.15) is 48.6 Å². The van der Waals surface area contributed by atoms with E-state index in [-0.39, 0.29) is 23.6 Å². The fourth-order valence-corrected chi connectivity index (χ4v) is 2.81. The molecule has 2 aromatic carbocycles. The van der Waals surface area contributed by atoms with Crippen molar-refractivity contribution in [3.8, 4) is 0 Å². The molecule has 0 aliphatic heterocycles. The zero-order valence-corrected chi connectivity index (χ0v) is 19.2. The lowest BCUT2D eigenvalue weighted by Crippen LogP contribution is -2.20. The van der Waals surface area contributed by atoms with Gasteiger partial charge >= 0.3 is 12.1 Å². The molecule has 2 aromatic rings. The quantitative estimate of drug-likeness (QED) is 0.227. The van der Waals surface area contributed by atoms with Crippen LogP contribution in [0.4, 0.5) is 17.6 Å². The summed E-state index contributed by atoms with van der Waals surface area (Å²) in [6.45, 7) is 6.89. The Morgan fingerprint density at radius 2 is 1.70 bits per heavy atom. The first-order valence-electron chi connectivity index (χ1n) is 9.92. The topological polar surface area (TPSA) is 69.5 Å². The highest BCUT2D eigenvalue weighted by atomic mass is 19.4. The molecular formula is C23H26F4N2O4. The van der Waals surface area contributed by atoms with Crippen molar-refractivity contribution in [2.24, 2.45) is 10.3 Å². The first kappa shape index (κ1) is 27.6. The van der Waals surface area contributed by atoms with Crippen LogP contribution in [0, 0.1) is 12.7 Å². The van der Waals surface area contributed by atoms with E-state index in [1.54, 1.807) is 25.1 Å². The van der Waals surface area contributed by atoms with Crippen LogP contribution < -0.4 is 0 Å². The molecule has 6 nitrogen and oxygen atoms in total. The first-order valence-corrected chi connectivity index (χ1v) is 9.92. The van der Waals surface area contributed by atoms with Crippen molar-refractivity contribution in [1.29, 1.82) is 0 Å². The SMILES string of the molecule is CC.CO/N=C(/C(=O)OC)c1cccc(C)c1CO/N=C(\C)c1ccc(F)cc1C(F)(F)F. The first-order chi connectivity index (χ1) is 15.6. The molecule has 0 N–H and O–H groups in total. The predicted octanol–water partition coefficient (Wildman–Crippen LogP) is 5.64. The number of carbonyl (C=O) groups is 1. The van der Waals surface area contributed by atoms with Gasteiger partial charge in [-0.05, 0) is 37.6 Å². The van der Waals surface area contributed by atoms with E-state index in [1.807, 2.05) is 13.8 Å². The summed E-state index contributed by atoms with van der Waals surface area (Å²) in [7, 11) is 2.46. The highest BCUT2D eigenvalue weighted by Crippen LogP contribution is 2.33. The number of halogens is 4. The van der Waals surface area contributed by atoms with E-state index in [4.69, 9.17) is 14.4 Å². The molecule has 0 unspecified atom stereocenters. The van der Waals surface area contributed by atoms with Gasteiger partial charge < -0.3 is 14.4 Å². The van der Waals surface area contributed by atoms with E-state index in [0.717, 1.165) is 17.7 Å². The lowest BCUT2D eigenvalue weighted by atomic mass is 9.99. The lowest BCUT2D eigenvalue weighted by molar-refractivity contribution is -0.138. The number of benzene rings is 2. The minimum atomic E-state index is -4.76. The minimum Gasteiger partial charge on any atom is -0.464 e. The summed E-state index contributed by atoms with van der Waals surface area (Å²) in [4.78, 5) is 22.0. The number of rotatable bonds is 7. The van der Waals surface area contributed by atoms with Gasteiger partial charge in [-0.1, -0.05) is 42.4 Å². The summed E-state index contributed by atoms with van der Waals surface area (Å²) in [5, 5.41) is 7.45.